The van der Waals surface area contributed by atoms with Crippen LogP contribution in [-0.4, -0.2) is 48.8 Å². The fourth-order valence-electron chi connectivity index (χ4n) is 4.63. The van der Waals surface area contributed by atoms with Crippen LogP contribution in [0.3, 0.4) is 0 Å². The molecule has 2 aromatic carbocycles. The summed E-state index contributed by atoms with van der Waals surface area (Å²) in [6.45, 7) is 5.48. The fraction of sp³-hybridized carbons (Fsp3) is 0.462. The number of nitrogens with zero attached hydrogens (tertiary/aromatic N) is 2. The predicted octanol–water partition coefficient (Wildman–Crippen LogP) is 4.70. The summed E-state index contributed by atoms with van der Waals surface area (Å²) in [6, 6.07) is 17.0. The first-order chi connectivity index (χ1) is 14.4. The molecule has 0 N–H and O–H groups in total. The van der Waals surface area contributed by atoms with Gasteiger partial charge >= 0.3 is 0 Å². The van der Waals surface area contributed by atoms with Crippen molar-refractivity contribution in [2.45, 2.75) is 46.0 Å². The maximum absolute atomic E-state index is 13.3. The van der Waals surface area contributed by atoms with Crippen LogP contribution in [0, 0.1) is 12.3 Å². The van der Waals surface area contributed by atoms with Crippen molar-refractivity contribution in [3.63, 3.8) is 0 Å². The quantitative estimate of drug-likeness (QED) is 0.698. The normalized spacial score (nSPS) is 15.7. The Bertz CT molecular complexity index is 895. The summed E-state index contributed by atoms with van der Waals surface area (Å²) in [4.78, 5) is 29.2. The molecule has 1 fully saturated rings. The largest absolute Gasteiger partial charge is 0.348 e. The first-order valence-corrected chi connectivity index (χ1v) is 11.0. The third-order valence-corrected chi connectivity index (χ3v) is 6.32. The molecule has 30 heavy (non-hydrogen) atoms. The zero-order valence-electron chi connectivity index (χ0n) is 18.8. The summed E-state index contributed by atoms with van der Waals surface area (Å²) in [6.07, 6.45) is 3.59. The number of rotatable bonds is 6. The van der Waals surface area contributed by atoms with Crippen LogP contribution >= 0.6 is 0 Å². The van der Waals surface area contributed by atoms with Gasteiger partial charge in [-0.2, -0.15) is 0 Å². The van der Waals surface area contributed by atoms with E-state index in [0.29, 0.717) is 38.8 Å². The lowest BCUT2D eigenvalue weighted by Gasteiger charge is -2.42. The molecular weight excluding hydrogens is 372 g/mol. The minimum atomic E-state index is -0.448. The molecule has 1 aliphatic heterocycles. The second-order valence-electron chi connectivity index (χ2n) is 8.80. The Kier molecular flexibility index (Phi) is 6.96. The first kappa shape index (κ1) is 22.1. The van der Waals surface area contributed by atoms with Crippen LogP contribution in [0.15, 0.2) is 48.5 Å². The van der Waals surface area contributed by atoms with Crippen LogP contribution in [0.4, 0.5) is 0 Å². The Morgan fingerprint density at radius 2 is 1.73 bits per heavy atom. The minimum absolute atomic E-state index is 0.173. The van der Waals surface area contributed by atoms with E-state index in [9.17, 15) is 9.59 Å². The third kappa shape index (κ3) is 4.75. The lowest BCUT2D eigenvalue weighted by molar-refractivity contribution is -0.146. The van der Waals surface area contributed by atoms with E-state index in [-0.39, 0.29) is 11.8 Å². The Labute approximate surface area is 180 Å². The van der Waals surface area contributed by atoms with Crippen molar-refractivity contribution in [1.82, 2.24) is 9.80 Å². The number of benzene rings is 2. The predicted molar refractivity (Wildman–Crippen MR) is 122 cm³/mol. The average Bonchev–Trinajstić information content (AvgIpc) is 2.74. The van der Waals surface area contributed by atoms with Gasteiger partial charge in [-0.3, -0.25) is 9.59 Å². The van der Waals surface area contributed by atoms with Crippen molar-refractivity contribution in [2.75, 3.05) is 27.2 Å². The summed E-state index contributed by atoms with van der Waals surface area (Å²) < 4.78 is 0. The standard InChI is InChI=1S/C26H34N2O2/c1-5-9-24(29)28-16-14-26(15-17-28,25(30)27(3)4)19-21-11-8-12-22(18-21)23-13-7-6-10-20(23)2/h6-8,10-13,18H,5,9,14-17,19H2,1-4H3. The van der Waals surface area contributed by atoms with Gasteiger partial charge < -0.3 is 9.80 Å². The van der Waals surface area contributed by atoms with Gasteiger partial charge in [-0.05, 0) is 54.9 Å². The van der Waals surface area contributed by atoms with E-state index < -0.39 is 5.41 Å². The Balaban J connectivity index is 1.85. The third-order valence-electron chi connectivity index (χ3n) is 6.32. The molecule has 0 unspecified atom stereocenters. The van der Waals surface area contributed by atoms with Crippen molar-refractivity contribution >= 4 is 11.8 Å². The van der Waals surface area contributed by atoms with Crippen LogP contribution in [0.25, 0.3) is 11.1 Å². The van der Waals surface area contributed by atoms with E-state index in [2.05, 4.69) is 55.5 Å². The monoisotopic (exact) mass is 406 g/mol. The zero-order chi connectivity index (χ0) is 21.7. The number of likely N-dealkylation sites (tertiary alicyclic amines) is 1. The molecule has 1 aliphatic rings. The van der Waals surface area contributed by atoms with E-state index in [1.54, 1.807) is 4.90 Å². The van der Waals surface area contributed by atoms with Crippen LogP contribution in [0.1, 0.15) is 43.7 Å². The molecule has 4 nitrogen and oxygen atoms in total. The SMILES string of the molecule is CCCC(=O)N1CCC(Cc2cccc(-c3ccccc3C)c2)(C(=O)N(C)C)CC1. The van der Waals surface area contributed by atoms with E-state index in [4.69, 9.17) is 0 Å². The zero-order valence-corrected chi connectivity index (χ0v) is 18.8. The number of hydrogen-bond acceptors (Lipinski definition) is 2. The summed E-state index contributed by atoms with van der Waals surface area (Å²) >= 11 is 0. The molecule has 0 aromatic heterocycles. The summed E-state index contributed by atoms with van der Waals surface area (Å²) in [5.74, 6) is 0.385. The van der Waals surface area contributed by atoms with Crippen molar-refractivity contribution in [2.24, 2.45) is 5.41 Å². The summed E-state index contributed by atoms with van der Waals surface area (Å²) in [7, 11) is 3.67. The molecule has 0 aliphatic carbocycles. The number of hydrogen-bond donors (Lipinski definition) is 0. The highest BCUT2D eigenvalue weighted by molar-refractivity contribution is 5.83. The molecule has 0 bridgehead atoms. The van der Waals surface area contributed by atoms with Gasteiger partial charge in [0.2, 0.25) is 11.8 Å². The molecule has 2 aromatic rings. The summed E-state index contributed by atoms with van der Waals surface area (Å²) in [5, 5.41) is 0. The Morgan fingerprint density at radius 3 is 2.37 bits per heavy atom. The van der Waals surface area contributed by atoms with E-state index in [1.807, 2.05) is 25.9 Å². The lowest BCUT2D eigenvalue weighted by Crippen LogP contribution is -2.50. The van der Waals surface area contributed by atoms with Crippen molar-refractivity contribution in [3.05, 3.63) is 59.7 Å². The minimum Gasteiger partial charge on any atom is -0.348 e. The number of carbonyl (C=O) groups excluding carboxylic acids is 2. The molecule has 160 valence electrons. The summed E-state index contributed by atoms with van der Waals surface area (Å²) in [5.41, 5.74) is 4.40. The maximum Gasteiger partial charge on any atom is 0.228 e. The van der Waals surface area contributed by atoms with Crippen LogP contribution in [0.2, 0.25) is 0 Å². The molecule has 2 amide bonds. The second-order valence-corrected chi connectivity index (χ2v) is 8.80. The molecule has 1 saturated heterocycles. The van der Waals surface area contributed by atoms with Gasteiger partial charge in [-0.1, -0.05) is 55.5 Å². The van der Waals surface area contributed by atoms with E-state index in [0.717, 1.165) is 6.42 Å². The molecule has 0 spiro atoms. The Hall–Kier alpha value is -2.62. The molecule has 1 heterocycles. The van der Waals surface area contributed by atoms with Crippen molar-refractivity contribution in [3.8, 4) is 11.1 Å². The maximum atomic E-state index is 13.3. The van der Waals surface area contributed by atoms with Crippen molar-refractivity contribution in [1.29, 1.82) is 0 Å². The van der Waals surface area contributed by atoms with Gasteiger partial charge in [0, 0.05) is 33.6 Å². The smallest absolute Gasteiger partial charge is 0.228 e. The Morgan fingerprint density at radius 1 is 1.03 bits per heavy atom. The number of amides is 2. The van der Waals surface area contributed by atoms with Crippen molar-refractivity contribution < 1.29 is 9.59 Å². The van der Waals surface area contributed by atoms with Crippen LogP contribution < -0.4 is 0 Å². The fourth-order valence-corrected chi connectivity index (χ4v) is 4.63. The van der Waals surface area contributed by atoms with Gasteiger partial charge in [-0.25, -0.2) is 0 Å². The first-order valence-electron chi connectivity index (χ1n) is 11.0. The molecule has 0 saturated carbocycles. The molecular formula is C26H34N2O2. The highest BCUT2D eigenvalue weighted by atomic mass is 16.2. The molecule has 0 atom stereocenters. The highest BCUT2D eigenvalue weighted by Crippen LogP contribution is 2.38. The van der Waals surface area contributed by atoms with E-state index >= 15 is 0 Å². The number of carbonyl (C=O) groups is 2. The van der Waals surface area contributed by atoms with Gasteiger partial charge in [0.1, 0.15) is 0 Å². The van der Waals surface area contributed by atoms with Gasteiger partial charge in [0.15, 0.2) is 0 Å². The topological polar surface area (TPSA) is 40.6 Å². The van der Waals surface area contributed by atoms with Gasteiger partial charge in [0.05, 0.1) is 5.41 Å². The molecule has 0 radical (unpaired) electrons. The lowest BCUT2D eigenvalue weighted by atomic mass is 9.72. The number of piperidine rings is 1. The van der Waals surface area contributed by atoms with Crippen LogP contribution in [-0.2, 0) is 16.0 Å². The highest BCUT2D eigenvalue weighted by Gasteiger charge is 2.43. The second kappa shape index (κ2) is 9.46. The van der Waals surface area contributed by atoms with Crippen LogP contribution in [0.5, 0.6) is 0 Å². The molecule has 4 heteroatoms. The van der Waals surface area contributed by atoms with E-state index in [1.165, 1.54) is 22.3 Å². The van der Waals surface area contributed by atoms with Gasteiger partial charge in [0.25, 0.3) is 0 Å². The van der Waals surface area contributed by atoms with Gasteiger partial charge in [-0.15, -0.1) is 0 Å². The number of aryl methyl sites for hydroxylation is 1. The molecule has 3 rings (SSSR count). The average molecular weight is 407 g/mol.